The Bertz CT molecular complexity index is 285. The highest BCUT2D eigenvalue weighted by molar-refractivity contribution is 5.72. The lowest BCUT2D eigenvalue weighted by atomic mass is 9.95. The van der Waals surface area contributed by atoms with Crippen molar-refractivity contribution in [2.75, 3.05) is 26.8 Å². The van der Waals surface area contributed by atoms with Crippen LogP contribution in [0, 0.1) is 5.92 Å². The lowest BCUT2D eigenvalue weighted by Gasteiger charge is -2.34. The van der Waals surface area contributed by atoms with Crippen molar-refractivity contribution in [2.24, 2.45) is 5.92 Å². The third kappa shape index (κ3) is 4.29. The maximum Gasteiger partial charge on any atom is 0.309 e. The van der Waals surface area contributed by atoms with E-state index in [0.29, 0.717) is 13.0 Å². The molecule has 104 valence electrons. The Morgan fingerprint density at radius 2 is 1.94 bits per heavy atom. The third-order valence-corrected chi connectivity index (χ3v) is 3.46. The molecule has 0 aromatic carbocycles. The van der Waals surface area contributed by atoms with Crippen LogP contribution < -0.4 is 0 Å². The van der Waals surface area contributed by atoms with Gasteiger partial charge >= 0.3 is 11.9 Å². The summed E-state index contributed by atoms with van der Waals surface area (Å²) in [5, 5.41) is 0. The summed E-state index contributed by atoms with van der Waals surface area (Å²) >= 11 is 0. The minimum Gasteiger partial charge on any atom is -0.469 e. The second-order valence-corrected chi connectivity index (χ2v) is 4.69. The van der Waals surface area contributed by atoms with Gasteiger partial charge in [0, 0.05) is 6.04 Å². The highest BCUT2D eigenvalue weighted by Gasteiger charge is 2.28. The van der Waals surface area contributed by atoms with Crippen molar-refractivity contribution in [3.8, 4) is 0 Å². The standard InChI is InChI=1S/C13H23NO4/c1-4-18-13(16)11-5-7-14(8-6-11)10(2)9-12(15)17-3/h10-11H,4-9H2,1-3H3. The van der Waals surface area contributed by atoms with E-state index < -0.39 is 0 Å². The zero-order valence-corrected chi connectivity index (χ0v) is 11.5. The maximum atomic E-state index is 11.6. The fourth-order valence-electron chi connectivity index (χ4n) is 2.29. The molecule has 5 nitrogen and oxygen atoms in total. The molecule has 18 heavy (non-hydrogen) atoms. The van der Waals surface area contributed by atoms with Gasteiger partial charge in [0.05, 0.1) is 26.1 Å². The van der Waals surface area contributed by atoms with Gasteiger partial charge in [-0.2, -0.15) is 0 Å². The molecule has 1 rings (SSSR count). The smallest absolute Gasteiger partial charge is 0.309 e. The number of hydrogen-bond donors (Lipinski definition) is 0. The topological polar surface area (TPSA) is 55.8 Å². The minimum atomic E-state index is -0.185. The van der Waals surface area contributed by atoms with Gasteiger partial charge in [-0.25, -0.2) is 0 Å². The highest BCUT2D eigenvalue weighted by atomic mass is 16.5. The summed E-state index contributed by atoms with van der Waals surface area (Å²) in [4.78, 5) is 25.0. The van der Waals surface area contributed by atoms with Crippen LogP contribution in [0.1, 0.15) is 33.1 Å². The Morgan fingerprint density at radius 3 is 2.44 bits per heavy atom. The molecule has 0 N–H and O–H groups in total. The maximum absolute atomic E-state index is 11.6. The number of rotatable bonds is 5. The monoisotopic (exact) mass is 257 g/mol. The molecule has 0 spiro atoms. The molecule has 1 aliphatic rings. The second-order valence-electron chi connectivity index (χ2n) is 4.69. The Kier molecular flexibility index (Phi) is 6.12. The van der Waals surface area contributed by atoms with Crippen LogP contribution in [0.4, 0.5) is 0 Å². The van der Waals surface area contributed by atoms with Crippen LogP contribution in [-0.2, 0) is 19.1 Å². The number of methoxy groups -OCH3 is 1. The van der Waals surface area contributed by atoms with E-state index in [9.17, 15) is 9.59 Å². The minimum absolute atomic E-state index is 0.0199. The molecule has 1 aliphatic heterocycles. The van der Waals surface area contributed by atoms with E-state index in [2.05, 4.69) is 9.64 Å². The van der Waals surface area contributed by atoms with E-state index in [4.69, 9.17) is 4.74 Å². The average molecular weight is 257 g/mol. The number of hydrogen-bond acceptors (Lipinski definition) is 5. The summed E-state index contributed by atoms with van der Waals surface area (Å²) in [5.41, 5.74) is 0. The van der Waals surface area contributed by atoms with Gasteiger partial charge in [0.1, 0.15) is 0 Å². The fourth-order valence-corrected chi connectivity index (χ4v) is 2.29. The zero-order valence-electron chi connectivity index (χ0n) is 11.5. The molecule has 0 amide bonds. The molecule has 0 radical (unpaired) electrons. The molecule has 0 aromatic rings. The molecule has 1 unspecified atom stereocenters. The predicted molar refractivity (Wildman–Crippen MR) is 67.0 cm³/mol. The van der Waals surface area contributed by atoms with Gasteiger partial charge in [0.25, 0.3) is 0 Å². The van der Waals surface area contributed by atoms with E-state index in [1.54, 1.807) is 0 Å². The lowest BCUT2D eigenvalue weighted by molar-refractivity contribution is -0.150. The molecule has 0 aliphatic carbocycles. The SMILES string of the molecule is CCOC(=O)C1CCN(C(C)CC(=O)OC)CC1. The summed E-state index contributed by atoms with van der Waals surface area (Å²) in [7, 11) is 1.40. The van der Waals surface area contributed by atoms with Gasteiger partial charge in [-0.1, -0.05) is 0 Å². The molecule has 0 saturated carbocycles. The molecule has 1 heterocycles. The number of likely N-dealkylation sites (tertiary alicyclic amines) is 1. The van der Waals surface area contributed by atoms with Crippen LogP contribution in [0.2, 0.25) is 0 Å². The van der Waals surface area contributed by atoms with Crippen molar-refractivity contribution < 1.29 is 19.1 Å². The predicted octanol–water partition coefficient (Wildman–Crippen LogP) is 1.21. The number of esters is 2. The van der Waals surface area contributed by atoms with Gasteiger partial charge in [-0.3, -0.25) is 9.59 Å². The number of carbonyl (C=O) groups is 2. The first-order valence-corrected chi connectivity index (χ1v) is 6.56. The first kappa shape index (κ1) is 15.0. The molecule has 1 atom stereocenters. The first-order chi connectivity index (χ1) is 8.58. The Hall–Kier alpha value is -1.10. The van der Waals surface area contributed by atoms with Gasteiger partial charge < -0.3 is 14.4 Å². The van der Waals surface area contributed by atoms with Crippen molar-refractivity contribution in [3.05, 3.63) is 0 Å². The van der Waals surface area contributed by atoms with E-state index in [0.717, 1.165) is 25.9 Å². The summed E-state index contributed by atoms with van der Waals surface area (Å²) in [6.45, 7) is 5.95. The van der Waals surface area contributed by atoms with Crippen molar-refractivity contribution in [3.63, 3.8) is 0 Å². The second kappa shape index (κ2) is 7.36. The third-order valence-electron chi connectivity index (χ3n) is 3.46. The van der Waals surface area contributed by atoms with Crippen LogP contribution in [0.5, 0.6) is 0 Å². The number of piperidine rings is 1. The van der Waals surface area contributed by atoms with Crippen LogP contribution in [0.25, 0.3) is 0 Å². The lowest BCUT2D eigenvalue weighted by Crippen LogP contribution is -2.42. The Balaban J connectivity index is 2.34. The van der Waals surface area contributed by atoms with Gasteiger partial charge in [0.15, 0.2) is 0 Å². The van der Waals surface area contributed by atoms with Crippen molar-refractivity contribution in [2.45, 2.75) is 39.2 Å². The number of nitrogens with zero attached hydrogens (tertiary/aromatic N) is 1. The summed E-state index contributed by atoms with van der Waals surface area (Å²) in [5.74, 6) is -0.251. The van der Waals surface area contributed by atoms with Crippen LogP contribution in [0.15, 0.2) is 0 Å². The molecule has 1 saturated heterocycles. The van der Waals surface area contributed by atoms with Gasteiger partial charge in [-0.15, -0.1) is 0 Å². The Morgan fingerprint density at radius 1 is 1.33 bits per heavy atom. The van der Waals surface area contributed by atoms with E-state index in [1.165, 1.54) is 7.11 Å². The van der Waals surface area contributed by atoms with Crippen LogP contribution in [-0.4, -0.2) is 49.7 Å². The quantitative estimate of drug-likeness (QED) is 0.693. The van der Waals surface area contributed by atoms with Crippen molar-refractivity contribution >= 4 is 11.9 Å². The largest absolute Gasteiger partial charge is 0.469 e. The van der Waals surface area contributed by atoms with Crippen LogP contribution in [0.3, 0.4) is 0 Å². The number of carbonyl (C=O) groups excluding carboxylic acids is 2. The molecule has 1 fully saturated rings. The molecular formula is C13H23NO4. The molecule has 5 heteroatoms. The fraction of sp³-hybridized carbons (Fsp3) is 0.846. The summed E-state index contributed by atoms with van der Waals surface area (Å²) in [6.07, 6.45) is 2.02. The average Bonchev–Trinajstić information content (AvgIpc) is 2.39. The normalized spacial score (nSPS) is 19.3. The zero-order chi connectivity index (χ0) is 13.5. The van der Waals surface area contributed by atoms with Crippen molar-refractivity contribution in [1.82, 2.24) is 4.90 Å². The Labute approximate surface area is 108 Å². The number of ether oxygens (including phenoxy) is 2. The summed E-state index contributed by atoms with van der Waals surface area (Å²) in [6, 6.07) is 0.167. The van der Waals surface area contributed by atoms with Crippen LogP contribution >= 0.6 is 0 Å². The van der Waals surface area contributed by atoms with E-state index >= 15 is 0 Å². The van der Waals surface area contributed by atoms with E-state index in [-0.39, 0.29) is 23.9 Å². The molecular weight excluding hydrogens is 234 g/mol. The van der Waals surface area contributed by atoms with Gasteiger partial charge in [0.2, 0.25) is 0 Å². The molecule has 0 aromatic heterocycles. The first-order valence-electron chi connectivity index (χ1n) is 6.56. The summed E-state index contributed by atoms with van der Waals surface area (Å²) < 4.78 is 9.69. The highest BCUT2D eigenvalue weighted by Crippen LogP contribution is 2.21. The van der Waals surface area contributed by atoms with E-state index in [1.807, 2.05) is 13.8 Å². The molecule has 0 bridgehead atoms. The van der Waals surface area contributed by atoms with Gasteiger partial charge in [-0.05, 0) is 39.8 Å². The van der Waals surface area contributed by atoms with Crippen molar-refractivity contribution in [1.29, 1.82) is 0 Å².